The SMILES string of the molecule is COc1cccc(N(C)Cc2ccoc2)c1[C@H](C)O. The van der Waals surface area contributed by atoms with Crippen LogP contribution in [0.2, 0.25) is 0 Å². The summed E-state index contributed by atoms with van der Waals surface area (Å²) in [5.74, 6) is 0.701. The molecule has 1 aromatic carbocycles. The van der Waals surface area contributed by atoms with Crippen molar-refractivity contribution < 1.29 is 14.3 Å². The fourth-order valence-corrected chi connectivity index (χ4v) is 2.20. The first-order chi connectivity index (χ1) is 9.13. The molecule has 4 heteroatoms. The van der Waals surface area contributed by atoms with E-state index >= 15 is 0 Å². The Kier molecular flexibility index (Phi) is 4.12. The molecule has 0 saturated heterocycles. The molecule has 0 aliphatic heterocycles. The fourth-order valence-electron chi connectivity index (χ4n) is 2.20. The summed E-state index contributed by atoms with van der Waals surface area (Å²) in [7, 11) is 3.59. The van der Waals surface area contributed by atoms with E-state index in [9.17, 15) is 5.11 Å². The van der Waals surface area contributed by atoms with Gasteiger partial charge in [0.25, 0.3) is 0 Å². The largest absolute Gasteiger partial charge is 0.496 e. The number of benzene rings is 1. The van der Waals surface area contributed by atoms with Crippen LogP contribution in [0.15, 0.2) is 41.2 Å². The highest BCUT2D eigenvalue weighted by molar-refractivity contribution is 5.60. The van der Waals surface area contributed by atoms with Crippen molar-refractivity contribution in [2.75, 3.05) is 19.1 Å². The van der Waals surface area contributed by atoms with E-state index in [0.29, 0.717) is 12.3 Å². The summed E-state index contributed by atoms with van der Waals surface area (Å²) in [5, 5.41) is 9.97. The molecule has 102 valence electrons. The summed E-state index contributed by atoms with van der Waals surface area (Å²) in [6.07, 6.45) is 2.79. The third kappa shape index (κ3) is 2.90. The summed E-state index contributed by atoms with van der Waals surface area (Å²) in [4.78, 5) is 2.06. The summed E-state index contributed by atoms with van der Waals surface area (Å²) in [5.41, 5.74) is 2.84. The normalized spacial score (nSPS) is 12.2. The Balaban J connectivity index is 2.32. The highest BCUT2D eigenvalue weighted by atomic mass is 16.5. The maximum absolute atomic E-state index is 9.97. The summed E-state index contributed by atoms with van der Waals surface area (Å²) < 4.78 is 10.4. The Bertz CT molecular complexity index is 520. The molecule has 0 unspecified atom stereocenters. The van der Waals surface area contributed by atoms with Crippen LogP contribution in [0.25, 0.3) is 0 Å². The first-order valence-electron chi connectivity index (χ1n) is 6.20. The number of furan rings is 1. The minimum Gasteiger partial charge on any atom is -0.496 e. The highest BCUT2D eigenvalue weighted by Gasteiger charge is 2.17. The Morgan fingerprint density at radius 2 is 2.16 bits per heavy atom. The van der Waals surface area contributed by atoms with Gasteiger partial charge < -0.3 is 19.2 Å². The number of ether oxygens (including phenoxy) is 1. The van der Waals surface area contributed by atoms with Crippen molar-refractivity contribution in [2.45, 2.75) is 19.6 Å². The number of aliphatic hydroxyl groups is 1. The molecule has 0 saturated carbocycles. The highest BCUT2D eigenvalue weighted by Crippen LogP contribution is 2.34. The van der Waals surface area contributed by atoms with E-state index in [1.807, 2.05) is 31.3 Å². The monoisotopic (exact) mass is 261 g/mol. The number of hydrogen-bond donors (Lipinski definition) is 1. The molecular weight excluding hydrogens is 242 g/mol. The molecule has 2 aromatic rings. The average molecular weight is 261 g/mol. The fraction of sp³-hybridized carbons (Fsp3) is 0.333. The molecule has 0 bridgehead atoms. The topological polar surface area (TPSA) is 45.8 Å². The second-order valence-electron chi connectivity index (χ2n) is 4.56. The number of rotatable bonds is 5. The van der Waals surface area contributed by atoms with Crippen molar-refractivity contribution in [3.8, 4) is 5.75 Å². The van der Waals surface area contributed by atoms with Crippen LogP contribution in [0, 0.1) is 0 Å². The minimum atomic E-state index is -0.585. The van der Waals surface area contributed by atoms with Crippen molar-refractivity contribution in [2.24, 2.45) is 0 Å². The smallest absolute Gasteiger partial charge is 0.126 e. The van der Waals surface area contributed by atoms with Gasteiger partial charge in [-0.1, -0.05) is 6.07 Å². The van der Waals surface area contributed by atoms with Gasteiger partial charge in [-0.2, -0.15) is 0 Å². The molecule has 4 nitrogen and oxygen atoms in total. The maximum Gasteiger partial charge on any atom is 0.126 e. The Morgan fingerprint density at radius 3 is 2.74 bits per heavy atom. The van der Waals surface area contributed by atoms with Crippen LogP contribution in [0.3, 0.4) is 0 Å². The lowest BCUT2D eigenvalue weighted by Gasteiger charge is -2.24. The van der Waals surface area contributed by atoms with E-state index in [1.165, 1.54) is 0 Å². The first kappa shape index (κ1) is 13.5. The van der Waals surface area contributed by atoms with Gasteiger partial charge in [-0.3, -0.25) is 0 Å². The lowest BCUT2D eigenvalue weighted by atomic mass is 10.1. The molecule has 2 rings (SSSR count). The predicted molar refractivity (Wildman–Crippen MR) is 74.4 cm³/mol. The van der Waals surface area contributed by atoms with E-state index in [0.717, 1.165) is 16.8 Å². The summed E-state index contributed by atoms with van der Waals surface area (Å²) in [6.45, 7) is 2.45. The first-order valence-corrected chi connectivity index (χ1v) is 6.20. The number of nitrogens with zero attached hydrogens (tertiary/aromatic N) is 1. The van der Waals surface area contributed by atoms with Gasteiger partial charge in [0.1, 0.15) is 5.75 Å². The van der Waals surface area contributed by atoms with Gasteiger partial charge in [-0.05, 0) is 25.1 Å². The minimum absolute atomic E-state index is 0.585. The summed E-state index contributed by atoms with van der Waals surface area (Å²) in [6, 6.07) is 7.69. The predicted octanol–water partition coefficient (Wildman–Crippen LogP) is 2.98. The lowest BCUT2D eigenvalue weighted by Crippen LogP contribution is -2.18. The van der Waals surface area contributed by atoms with E-state index in [4.69, 9.17) is 9.15 Å². The quantitative estimate of drug-likeness (QED) is 0.898. The Hall–Kier alpha value is -1.94. The molecule has 0 aliphatic carbocycles. The van der Waals surface area contributed by atoms with Crippen LogP contribution in [0.1, 0.15) is 24.2 Å². The van der Waals surface area contributed by atoms with Crippen LogP contribution >= 0.6 is 0 Å². The standard InChI is InChI=1S/C15H19NO3/c1-11(17)15-13(5-4-6-14(15)18-3)16(2)9-12-7-8-19-10-12/h4-8,10-11,17H,9H2,1-3H3/t11-/m0/s1. The van der Waals surface area contributed by atoms with Gasteiger partial charge >= 0.3 is 0 Å². The molecule has 0 amide bonds. The average Bonchev–Trinajstić information content (AvgIpc) is 2.90. The van der Waals surface area contributed by atoms with Crippen molar-refractivity contribution in [3.63, 3.8) is 0 Å². The maximum atomic E-state index is 9.97. The lowest BCUT2D eigenvalue weighted by molar-refractivity contribution is 0.194. The second kappa shape index (κ2) is 5.80. The second-order valence-corrected chi connectivity index (χ2v) is 4.56. The van der Waals surface area contributed by atoms with Crippen molar-refractivity contribution in [1.29, 1.82) is 0 Å². The van der Waals surface area contributed by atoms with E-state index in [1.54, 1.807) is 26.6 Å². The van der Waals surface area contributed by atoms with Gasteiger partial charge in [0, 0.05) is 30.4 Å². The number of hydrogen-bond acceptors (Lipinski definition) is 4. The Morgan fingerprint density at radius 1 is 1.37 bits per heavy atom. The molecule has 0 aliphatic rings. The molecule has 1 N–H and O–H groups in total. The number of methoxy groups -OCH3 is 1. The molecule has 1 aromatic heterocycles. The molecule has 1 heterocycles. The Labute approximate surface area is 113 Å². The molecular formula is C15H19NO3. The molecule has 1 atom stereocenters. The van der Waals surface area contributed by atoms with Crippen LogP contribution < -0.4 is 9.64 Å². The van der Waals surface area contributed by atoms with Crippen LogP contribution in [-0.4, -0.2) is 19.3 Å². The van der Waals surface area contributed by atoms with Crippen molar-refractivity contribution >= 4 is 5.69 Å². The summed E-state index contributed by atoms with van der Waals surface area (Å²) >= 11 is 0. The van der Waals surface area contributed by atoms with Crippen LogP contribution in [0.5, 0.6) is 5.75 Å². The molecule has 0 spiro atoms. The molecule has 19 heavy (non-hydrogen) atoms. The third-order valence-electron chi connectivity index (χ3n) is 3.09. The third-order valence-corrected chi connectivity index (χ3v) is 3.09. The van der Waals surface area contributed by atoms with Gasteiger partial charge in [0.15, 0.2) is 0 Å². The number of anilines is 1. The van der Waals surface area contributed by atoms with Gasteiger partial charge in [0.2, 0.25) is 0 Å². The van der Waals surface area contributed by atoms with E-state index < -0.39 is 6.10 Å². The molecule has 0 fully saturated rings. The van der Waals surface area contributed by atoms with Crippen LogP contribution in [0.4, 0.5) is 5.69 Å². The zero-order chi connectivity index (χ0) is 13.8. The number of aliphatic hydroxyl groups excluding tert-OH is 1. The van der Waals surface area contributed by atoms with E-state index in [2.05, 4.69) is 4.90 Å². The molecule has 0 radical (unpaired) electrons. The van der Waals surface area contributed by atoms with Gasteiger partial charge in [-0.15, -0.1) is 0 Å². The van der Waals surface area contributed by atoms with Crippen molar-refractivity contribution in [3.05, 3.63) is 47.9 Å². The zero-order valence-corrected chi connectivity index (χ0v) is 11.5. The van der Waals surface area contributed by atoms with E-state index in [-0.39, 0.29) is 0 Å². The van der Waals surface area contributed by atoms with Crippen LogP contribution in [-0.2, 0) is 6.54 Å². The van der Waals surface area contributed by atoms with Gasteiger partial charge in [0.05, 0.1) is 25.7 Å². The van der Waals surface area contributed by atoms with Crippen molar-refractivity contribution in [1.82, 2.24) is 0 Å². The zero-order valence-electron chi connectivity index (χ0n) is 11.5. The van der Waals surface area contributed by atoms with Gasteiger partial charge in [-0.25, -0.2) is 0 Å².